The number of carboxylic acids is 1. The number of rotatable bonds is 16. The van der Waals surface area contributed by atoms with Crippen molar-refractivity contribution in [2.75, 3.05) is 59.0 Å². The number of hydrogen-bond donors (Lipinski definition) is 5. The number of carboxylic acid groups (broad SMARTS) is 1. The SMILES string of the molecule is CC(=O)N1CCC(c2nn(CC(=O)NCC(=O)NCC(=O)O)c3cccc(-c4ccc5c(C)noc5c4)c23)CC1.CCOC(=O)CNC(=O)CNC(=O)Cn1nc(C2CCN(C(C)=O)CC2)c2c(Br)cccc21. The molecule has 0 aliphatic carbocycles. The predicted molar refractivity (Wildman–Crippen MR) is 270 cm³/mol. The summed E-state index contributed by atoms with van der Waals surface area (Å²) in [5.74, 6) is -3.20. The highest BCUT2D eigenvalue weighted by atomic mass is 79.9. The lowest BCUT2D eigenvalue weighted by Crippen LogP contribution is -2.40. The largest absolute Gasteiger partial charge is 0.480 e. The van der Waals surface area contributed by atoms with Crippen LogP contribution in [-0.4, -0.2) is 146 Å². The van der Waals surface area contributed by atoms with Crippen molar-refractivity contribution >= 4 is 96.1 Å². The minimum atomic E-state index is -1.17. The molecule has 0 spiro atoms. The summed E-state index contributed by atoms with van der Waals surface area (Å²) in [5, 5.41) is 34.9. The number of piperidine rings is 2. The molecule has 0 atom stereocenters. The van der Waals surface area contributed by atoms with Crippen LogP contribution in [0.1, 0.15) is 75.4 Å². The Morgan fingerprint density at radius 3 is 1.73 bits per heavy atom. The number of nitrogens with one attached hydrogen (secondary N) is 4. The van der Waals surface area contributed by atoms with Gasteiger partial charge < -0.3 is 45.4 Å². The second-order valence-corrected chi connectivity index (χ2v) is 18.6. The molecule has 6 aromatic rings. The molecule has 22 nitrogen and oxygen atoms in total. The number of fused-ring (bicyclic) bond motifs is 3. The van der Waals surface area contributed by atoms with E-state index < -0.39 is 36.2 Å². The maximum atomic E-state index is 12.8. The Morgan fingerprint density at radius 1 is 0.685 bits per heavy atom. The second kappa shape index (κ2) is 24.2. The number of carbonyl (C=O) groups excluding carboxylic acids is 7. The van der Waals surface area contributed by atoms with Gasteiger partial charge >= 0.3 is 11.9 Å². The summed E-state index contributed by atoms with van der Waals surface area (Å²) in [6.07, 6.45) is 3.10. The lowest BCUT2D eigenvalue weighted by atomic mass is 9.89. The van der Waals surface area contributed by atoms with Gasteiger partial charge in [-0.05, 0) is 81.0 Å². The molecule has 2 aliphatic rings. The average molecular weight is 1070 g/mol. The molecule has 5 N–H and O–H groups in total. The van der Waals surface area contributed by atoms with Crippen molar-refractivity contribution in [3.63, 3.8) is 0 Å². The van der Waals surface area contributed by atoms with Crippen LogP contribution in [0.25, 0.3) is 43.9 Å². The zero-order valence-electron chi connectivity index (χ0n) is 41.0. The number of aromatic nitrogens is 5. The number of hydrogen-bond acceptors (Lipinski definition) is 13. The van der Waals surface area contributed by atoms with Crippen molar-refractivity contribution in [2.45, 2.75) is 78.3 Å². The molecule has 3 aromatic heterocycles. The van der Waals surface area contributed by atoms with Gasteiger partial charge in [0.1, 0.15) is 26.2 Å². The zero-order chi connectivity index (χ0) is 52.3. The Morgan fingerprint density at radius 2 is 1.19 bits per heavy atom. The summed E-state index contributed by atoms with van der Waals surface area (Å²) in [4.78, 5) is 98.1. The van der Waals surface area contributed by atoms with E-state index in [1.54, 1.807) is 30.1 Å². The lowest BCUT2D eigenvalue weighted by Gasteiger charge is -2.30. The maximum absolute atomic E-state index is 12.8. The fourth-order valence-corrected chi connectivity index (χ4v) is 9.68. The Kier molecular flexibility index (Phi) is 17.6. The van der Waals surface area contributed by atoms with Gasteiger partial charge in [0.15, 0.2) is 5.58 Å². The predicted octanol–water partition coefficient (Wildman–Crippen LogP) is 3.52. The molecule has 386 valence electrons. The van der Waals surface area contributed by atoms with Gasteiger partial charge in [0.25, 0.3) is 0 Å². The third-order valence-corrected chi connectivity index (χ3v) is 13.5. The lowest BCUT2D eigenvalue weighted by molar-refractivity contribution is -0.143. The van der Waals surface area contributed by atoms with Crippen LogP contribution in [0.4, 0.5) is 0 Å². The van der Waals surface area contributed by atoms with Crippen molar-refractivity contribution in [3.8, 4) is 11.1 Å². The van der Waals surface area contributed by atoms with Gasteiger partial charge in [-0.15, -0.1) is 0 Å². The smallest absolute Gasteiger partial charge is 0.325 e. The summed E-state index contributed by atoms with van der Waals surface area (Å²) < 4.78 is 14.4. The summed E-state index contributed by atoms with van der Waals surface area (Å²) in [7, 11) is 0. The van der Waals surface area contributed by atoms with Crippen LogP contribution < -0.4 is 21.3 Å². The molecule has 0 unspecified atom stereocenters. The average Bonchev–Trinajstić information content (AvgIpc) is 4.07. The maximum Gasteiger partial charge on any atom is 0.325 e. The summed E-state index contributed by atoms with van der Waals surface area (Å²) in [6, 6.07) is 17.5. The first-order chi connectivity index (χ1) is 35.0. The number of likely N-dealkylation sites (tertiary alicyclic amines) is 2. The Hall–Kier alpha value is -7.69. The van der Waals surface area contributed by atoms with Crippen molar-refractivity contribution in [1.82, 2.24) is 55.8 Å². The zero-order valence-corrected chi connectivity index (χ0v) is 42.6. The molecule has 2 saturated heterocycles. The topological polar surface area (TPSA) is 282 Å². The molecule has 5 heterocycles. The number of aliphatic carboxylic acids is 1. The molecular formula is C50H58BrN11O11. The number of benzene rings is 3. The third-order valence-electron chi connectivity index (χ3n) is 12.8. The monoisotopic (exact) mass is 1070 g/mol. The highest BCUT2D eigenvalue weighted by molar-refractivity contribution is 9.10. The van der Waals surface area contributed by atoms with Crippen molar-refractivity contribution < 1.29 is 52.7 Å². The molecule has 23 heteroatoms. The molecule has 2 fully saturated rings. The van der Waals surface area contributed by atoms with E-state index in [2.05, 4.69) is 42.4 Å². The molecule has 2 aliphatic heterocycles. The summed E-state index contributed by atoms with van der Waals surface area (Å²) in [5.41, 5.74) is 6.70. The highest BCUT2D eigenvalue weighted by Crippen LogP contribution is 2.40. The van der Waals surface area contributed by atoms with Gasteiger partial charge in [-0.2, -0.15) is 10.2 Å². The van der Waals surface area contributed by atoms with Crippen LogP contribution in [-0.2, 0) is 56.2 Å². The van der Waals surface area contributed by atoms with Crippen LogP contribution in [0.15, 0.2) is 63.6 Å². The fraction of sp³-hybridized carbons (Fsp3) is 0.420. The van der Waals surface area contributed by atoms with E-state index in [0.717, 1.165) is 85.6 Å². The fourth-order valence-electron chi connectivity index (χ4n) is 9.12. The molecule has 0 bridgehead atoms. The highest BCUT2D eigenvalue weighted by Gasteiger charge is 2.30. The van der Waals surface area contributed by atoms with E-state index in [4.69, 9.17) is 24.6 Å². The number of ether oxygens (including phenoxy) is 1. The minimum absolute atomic E-state index is 0.0502. The summed E-state index contributed by atoms with van der Waals surface area (Å²) >= 11 is 3.61. The number of amides is 6. The van der Waals surface area contributed by atoms with E-state index in [1.165, 1.54) is 0 Å². The molecular weight excluding hydrogens is 1010 g/mol. The van der Waals surface area contributed by atoms with Crippen molar-refractivity contribution in [2.24, 2.45) is 0 Å². The van der Waals surface area contributed by atoms with Crippen LogP contribution in [0, 0.1) is 6.92 Å². The number of carbonyl (C=O) groups is 8. The number of halogens is 1. The Bertz CT molecular complexity index is 3060. The number of nitrogens with zero attached hydrogens (tertiary/aromatic N) is 7. The Labute approximate surface area is 427 Å². The standard InChI is InChI=1S/C28H30N6O6.C22H28BrN5O5/c1-16-20-7-6-19(12-23(20)40-32-16)21-4-3-5-22-27(21)28(18-8-10-33(11-9-18)17(2)35)31-34(22)15-25(37)29-13-24(36)30-14-26(38)39;1-3-33-20(32)12-25-18(30)11-24-19(31)13-28-17-6-4-5-16(23)21(17)22(26-28)15-7-9-27(10-8-15)14(2)29/h3-7,12,18H,8-11,13-15H2,1-2H3,(H,29,37)(H,30,36)(H,38,39);4-6,15H,3,7-13H2,1-2H3,(H,24,31)(H,25,30). The molecule has 73 heavy (non-hydrogen) atoms. The van der Waals surface area contributed by atoms with E-state index in [-0.39, 0.29) is 68.9 Å². The third kappa shape index (κ3) is 13.2. The molecule has 8 rings (SSSR count). The first-order valence-electron chi connectivity index (χ1n) is 24.0. The molecule has 3 aromatic carbocycles. The second-order valence-electron chi connectivity index (χ2n) is 17.8. The number of esters is 1. The van der Waals surface area contributed by atoms with Crippen molar-refractivity contribution in [1.29, 1.82) is 0 Å². The first-order valence-corrected chi connectivity index (χ1v) is 24.8. The molecule has 0 radical (unpaired) electrons. The van der Waals surface area contributed by atoms with Crippen LogP contribution >= 0.6 is 15.9 Å². The van der Waals surface area contributed by atoms with Crippen LogP contribution in [0.3, 0.4) is 0 Å². The van der Waals surface area contributed by atoms with Gasteiger partial charge in [0, 0.05) is 72.5 Å². The van der Waals surface area contributed by atoms with Gasteiger partial charge in [-0.3, -0.25) is 47.7 Å². The normalized spacial score (nSPS) is 14.1. The first kappa shape index (κ1) is 53.1. The quantitative estimate of drug-likeness (QED) is 0.0868. The van der Waals surface area contributed by atoms with E-state index in [0.29, 0.717) is 31.8 Å². The van der Waals surface area contributed by atoms with Gasteiger partial charge in [0.2, 0.25) is 35.4 Å². The van der Waals surface area contributed by atoms with E-state index in [1.807, 2.05) is 71.3 Å². The van der Waals surface area contributed by atoms with Crippen LogP contribution in [0.5, 0.6) is 0 Å². The van der Waals surface area contributed by atoms with E-state index in [9.17, 15) is 38.4 Å². The van der Waals surface area contributed by atoms with E-state index >= 15 is 0 Å². The molecule has 6 amide bonds. The molecule has 0 saturated carbocycles. The van der Waals surface area contributed by atoms with Gasteiger partial charge in [-0.1, -0.05) is 45.4 Å². The minimum Gasteiger partial charge on any atom is -0.480 e. The van der Waals surface area contributed by atoms with Crippen molar-refractivity contribution in [3.05, 3.63) is 76.2 Å². The van der Waals surface area contributed by atoms with Gasteiger partial charge in [0.05, 0.1) is 47.8 Å². The van der Waals surface area contributed by atoms with Gasteiger partial charge in [-0.25, -0.2) is 0 Å². The summed E-state index contributed by atoms with van der Waals surface area (Å²) in [6.45, 7) is 8.04. The van der Waals surface area contributed by atoms with Crippen LogP contribution in [0.2, 0.25) is 0 Å². The Balaban J connectivity index is 0.000000218. The number of aryl methyl sites for hydroxylation is 1.